The Bertz CT molecular complexity index is 408. The molecular weight excluding hydrogens is 232 g/mol. The summed E-state index contributed by atoms with van der Waals surface area (Å²) in [6, 6.07) is 3.40. The van der Waals surface area contributed by atoms with Crippen molar-refractivity contribution in [3.05, 3.63) is 36.8 Å². The number of hydrogen-bond donors (Lipinski definition) is 1. The van der Waals surface area contributed by atoms with Gasteiger partial charge >= 0.3 is 0 Å². The fourth-order valence-corrected chi connectivity index (χ4v) is 1.08. The molecule has 0 aliphatic rings. The van der Waals surface area contributed by atoms with E-state index in [2.05, 4.69) is 16.9 Å². The highest BCUT2D eigenvalue weighted by Crippen LogP contribution is 2.00. The van der Waals surface area contributed by atoms with Crippen molar-refractivity contribution in [1.82, 2.24) is 5.32 Å². The van der Waals surface area contributed by atoms with E-state index in [-0.39, 0.29) is 17.7 Å². The van der Waals surface area contributed by atoms with Gasteiger partial charge in [0.15, 0.2) is 5.76 Å². The summed E-state index contributed by atoms with van der Waals surface area (Å²) in [7, 11) is 0. The van der Waals surface area contributed by atoms with Crippen molar-refractivity contribution in [3.8, 4) is 0 Å². The molecule has 1 amide bonds. The van der Waals surface area contributed by atoms with Gasteiger partial charge in [-0.25, -0.2) is 4.99 Å². The minimum absolute atomic E-state index is 0.185. The third kappa shape index (κ3) is 4.86. The molecule has 1 heterocycles. The highest BCUT2D eigenvalue weighted by atomic mass is 16.5. The van der Waals surface area contributed by atoms with Gasteiger partial charge in [0.2, 0.25) is 0 Å². The van der Waals surface area contributed by atoms with Gasteiger partial charge in [0, 0.05) is 0 Å². The van der Waals surface area contributed by atoms with E-state index in [1.54, 1.807) is 18.2 Å². The molecule has 0 radical (unpaired) electrons. The first-order valence-corrected chi connectivity index (χ1v) is 5.76. The molecular formula is C13H18N2O3. The van der Waals surface area contributed by atoms with Gasteiger partial charge in [-0.3, -0.25) is 10.1 Å². The molecule has 1 N–H and O–H groups in total. The summed E-state index contributed by atoms with van der Waals surface area (Å²) in [5, 5.41) is 2.56. The third-order valence-electron chi connectivity index (χ3n) is 1.88. The zero-order chi connectivity index (χ0) is 13.4. The smallest absolute Gasteiger partial charge is 0.294 e. The molecule has 0 aliphatic heterocycles. The van der Waals surface area contributed by atoms with Gasteiger partial charge in [0.25, 0.3) is 11.9 Å². The van der Waals surface area contributed by atoms with Crippen LogP contribution in [0, 0.1) is 5.92 Å². The summed E-state index contributed by atoms with van der Waals surface area (Å²) < 4.78 is 10.4. The van der Waals surface area contributed by atoms with Crippen LogP contribution >= 0.6 is 0 Å². The van der Waals surface area contributed by atoms with Crippen molar-refractivity contribution in [2.45, 2.75) is 13.8 Å². The van der Waals surface area contributed by atoms with E-state index in [0.29, 0.717) is 19.1 Å². The lowest BCUT2D eigenvalue weighted by Gasteiger charge is -2.11. The standard InChI is InChI=1S/C13H18N2O3/c1-4-7-14-13(18-9-10(2)3)15-12(16)11-6-5-8-17-11/h4-6,8,10H,1,7,9H2,2-3H3,(H,14,15,16). The highest BCUT2D eigenvalue weighted by Gasteiger charge is 2.12. The largest absolute Gasteiger partial charge is 0.465 e. The topological polar surface area (TPSA) is 63.8 Å². The third-order valence-corrected chi connectivity index (χ3v) is 1.88. The second-order valence-corrected chi connectivity index (χ2v) is 4.07. The minimum atomic E-state index is -0.383. The Morgan fingerprint density at radius 3 is 3.00 bits per heavy atom. The average Bonchev–Trinajstić information content (AvgIpc) is 2.86. The Hall–Kier alpha value is -2.04. The normalized spacial score (nSPS) is 11.4. The van der Waals surface area contributed by atoms with Crippen molar-refractivity contribution < 1.29 is 13.9 Å². The molecule has 98 valence electrons. The summed E-state index contributed by atoms with van der Waals surface area (Å²) >= 11 is 0. The van der Waals surface area contributed by atoms with Crippen molar-refractivity contribution in [1.29, 1.82) is 0 Å². The number of hydrogen-bond acceptors (Lipinski definition) is 4. The predicted molar refractivity (Wildman–Crippen MR) is 69.5 cm³/mol. The van der Waals surface area contributed by atoms with Gasteiger partial charge in [-0.05, 0) is 18.1 Å². The van der Waals surface area contributed by atoms with Crippen LogP contribution in [0.1, 0.15) is 24.4 Å². The number of furan rings is 1. The molecule has 0 unspecified atom stereocenters. The molecule has 1 rings (SSSR count). The van der Waals surface area contributed by atoms with Crippen molar-refractivity contribution in [2.75, 3.05) is 13.2 Å². The Morgan fingerprint density at radius 1 is 1.67 bits per heavy atom. The van der Waals surface area contributed by atoms with Crippen LogP contribution in [0.4, 0.5) is 0 Å². The maximum Gasteiger partial charge on any atom is 0.294 e. The summed E-state index contributed by atoms with van der Waals surface area (Å²) in [6.45, 7) is 8.45. The summed E-state index contributed by atoms with van der Waals surface area (Å²) in [5.74, 6) is 0.181. The lowest BCUT2D eigenvalue weighted by Crippen LogP contribution is -2.33. The molecule has 0 spiro atoms. The van der Waals surface area contributed by atoms with Crippen LogP contribution in [-0.2, 0) is 4.74 Å². The van der Waals surface area contributed by atoms with E-state index in [1.165, 1.54) is 6.26 Å². The number of nitrogens with zero attached hydrogens (tertiary/aromatic N) is 1. The lowest BCUT2D eigenvalue weighted by molar-refractivity contribution is 0.0936. The number of ether oxygens (including phenoxy) is 1. The van der Waals surface area contributed by atoms with E-state index < -0.39 is 0 Å². The zero-order valence-electron chi connectivity index (χ0n) is 10.7. The van der Waals surface area contributed by atoms with Gasteiger partial charge in [-0.15, -0.1) is 6.58 Å². The van der Waals surface area contributed by atoms with E-state index in [1.807, 2.05) is 13.8 Å². The maximum atomic E-state index is 11.7. The van der Waals surface area contributed by atoms with Crippen LogP contribution in [0.15, 0.2) is 40.5 Å². The Balaban J connectivity index is 2.60. The number of amides is 1. The molecule has 5 nitrogen and oxygen atoms in total. The van der Waals surface area contributed by atoms with Gasteiger partial charge < -0.3 is 9.15 Å². The van der Waals surface area contributed by atoms with Crippen molar-refractivity contribution in [3.63, 3.8) is 0 Å². The molecule has 0 bridgehead atoms. The molecule has 0 fully saturated rings. The number of rotatable bonds is 5. The molecule has 0 saturated carbocycles. The van der Waals surface area contributed by atoms with Crippen LogP contribution < -0.4 is 5.32 Å². The summed E-state index contributed by atoms with van der Waals surface area (Å²) in [4.78, 5) is 15.8. The Morgan fingerprint density at radius 2 is 2.44 bits per heavy atom. The molecule has 1 aromatic rings. The monoisotopic (exact) mass is 250 g/mol. The van der Waals surface area contributed by atoms with Crippen LogP contribution in [-0.4, -0.2) is 25.1 Å². The second-order valence-electron chi connectivity index (χ2n) is 4.07. The Kier molecular flexibility index (Phi) is 5.70. The van der Waals surface area contributed by atoms with E-state index in [4.69, 9.17) is 9.15 Å². The quantitative estimate of drug-likeness (QED) is 0.495. The average molecular weight is 250 g/mol. The van der Waals surface area contributed by atoms with Crippen LogP contribution in [0.3, 0.4) is 0 Å². The summed E-state index contributed by atoms with van der Waals surface area (Å²) in [5.41, 5.74) is 0. The van der Waals surface area contributed by atoms with E-state index >= 15 is 0 Å². The van der Waals surface area contributed by atoms with Crippen molar-refractivity contribution >= 4 is 11.9 Å². The molecule has 0 aliphatic carbocycles. The number of amidine groups is 1. The van der Waals surface area contributed by atoms with Crippen molar-refractivity contribution in [2.24, 2.45) is 10.9 Å². The van der Waals surface area contributed by atoms with Crippen LogP contribution in [0.25, 0.3) is 0 Å². The Labute approximate surface area is 107 Å². The van der Waals surface area contributed by atoms with Gasteiger partial charge in [-0.2, -0.15) is 0 Å². The molecule has 0 atom stereocenters. The predicted octanol–water partition coefficient (Wildman–Crippen LogP) is 2.22. The maximum absolute atomic E-state index is 11.7. The van der Waals surface area contributed by atoms with Gasteiger partial charge in [0.05, 0.1) is 19.4 Å². The second kappa shape index (κ2) is 7.32. The number of aliphatic imine (C=N–C) groups is 1. The van der Waals surface area contributed by atoms with Crippen LogP contribution in [0.2, 0.25) is 0 Å². The van der Waals surface area contributed by atoms with E-state index in [9.17, 15) is 4.79 Å². The molecule has 18 heavy (non-hydrogen) atoms. The fourth-order valence-electron chi connectivity index (χ4n) is 1.08. The molecule has 1 aromatic heterocycles. The first-order chi connectivity index (χ1) is 8.63. The lowest BCUT2D eigenvalue weighted by atomic mass is 10.2. The molecule has 5 heteroatoms. The molecule has 0 saturated heterocycles. The number of carbonyl (C=O) groups is 1. The fraction of sp³-hybridized carbons (Fsp3) is 0.385. The minimum Gasteiger partial charge on any atom is -0.465 e. The molecule has 0 aromatic carbocycles. The van der Waals surface area contributed by atoms with Gasteiger partial charge in [0.1, 0.15) is 0 Å². The summed E-state index contributed by atoms with van der Waals surface area (Å²) in [6.07, 6.45) is 3.06. The van der Waals surface area contributed by atoms with Crippen LogP contribution in [0.5, 0.6) is 0 Å². The van der Waals surface area contributed by atoms with Gasteiger partial charge in [-0.1, -0.05) is 19.9 Å². The first-order valence-electron chi connectivity index (χ1n) is 5.76. The highest BCUT2D eigenvalue weighted by molar-refractivity contribution is 6.02. The SMILES string of the molecule is C=CCN=C(NC(=O)c1ccco1)OCC(C)C. The number of nitrogens with one attached hydrogen (secondary N) is 1. The van der Waals surface area contributed by atoms with E-state index in [0.717, 1.165) is 0 Å². The number of carbonyl (C=O) groups excluding carboxylic acids is 1. The first kappa shape index (κ1) is 14.0. The zero-order valence-corrected chi connectivity index (χ0v) is 10.7.